The Labute approximate surface area is 104 Å². The molecule has 0 atom stereocenters. The number of thiazole rings is 1. The Balaban J connectivity index is 2.16. The predicted octanol–water partition coefficient (Wildman–Crippen LogP) is 3.05. The standard InChI is InChI=1S/C13H13NO2S/c1-8-9(2)17-12(14-8)7-10-3-5-11(6-4-10)13(15)16/h3-6H,7H2,1-2H3,(H,15,16). The maximum absolute atomic E-state index is 10.7. The fourth-order valence-corrected chi connectivity index (χ4v) is 2.52. The van der Waals surface area contributed by atoms with E-state index in [1.165, 1.54) is 4.88 Å². The molecule has 2 aromatic rings. The molecule has 1 N–H and O–H groups in total. The Bertz CT molecular complexity index is 524. The van der Waals surface area contributed by atoms with Crippen molar-refractivity contribution in [1.29, 1.82) is 0 Å². The van der Waals surface area contributed by atoms with Crippen LogP contribution in [0, 0.1) is 13.8 Å². The molecule has 0 bridgehead atoms. The zero-order valence-corrected chi connectivity index (χ0v) is 10.5. The van der Waals surface area contributed by atoms with E-state index in [-0.39, 0.29) is 0 Å². The minimum atomic E-state index is -0.891. The lowest BCUT2D eigenvalue weighted by molar-refractivity contribution is 0.0697. The molecule has 0 saturated heterocycles. The topological polar surface area (TPSA) is 50.2 Å². The van der Waals surface area contributed by atoms with Crippen LogP contribution in [0.1, 0.15) is 31.5 Å². The minimum Gasteiger partial charge on any atom is -0.478 e. The van der Waals surface area contributed by atoms with E-state index in [9.17, 15) is 4.79 Å². The Morgan fingerprint density at radius 3 is 2.41 bits per heavy atom. The monoisotopic (exact) mass is 247 g/mol. The van der Waals surface area contributed by atoms with Crippen LogP contribution in [0.25, 0.3) is 0 Å². The number of nitrogens with zero attached hydrogens (tertiary/aromatic N) is 1. The van der Waals surface area contributed by atoms with Crippen molar-refractivity contribution in [3.63, 3.8) is 0 Å². The van der Waals surface area contributed by atoms with Gasteiger partial charge in [0.15, 0.2) is 0 Å². The summed E-state index contributed by atoms with van der Waals surface area (Å²) >= 11 is 1.69. The quantitative estimate of drug-likeness (QED) is 0.906. The molecule has 0 saturated carbocycles. The van der Waals surface area contributed by atoms with Crippen LogP contribution in [0.5, 0.6) is 0 Å². The highest BCUT2D eigenvalue weighted by Gasteiger charge is 2.06. The first-order valence-electron chi connectivity index (χ1n) is 5.31. The highest BCUT2D eigenvalue weighted by atomic mass is 32.1. The van der Waals surface area contributed by atoms with Gasteiger partial charge in [0, 0.05) is 11.3 Å². The molecule has 88 valence electrons. The number of carboxylic acid groups (broad SMARTS) is 1. The number of benzene rings is 1. The van der Waals surface area contributed by atoms with Crippen LogP contribution < -0.4 is 0 Å². The lowest BCUT2D eigenvalue weighted by Gasteiger charge is -1.99. The molecule has 0 radical (unpaired) electrons. The first-order valence-corrected chi connectivity index (χ1v) is 6.13. The van der Waals surface area contributed by atoms with Crippen molar-refractivity contribution in [2.24, 2.45) is 0 Å². The zero-order chi connectivity index (χ0) is 12.4. The number of aromatic nitrogens is 1. The lowest BCUT2D eigenvalue weighted by atomic mass is 10.1. The Kier molecular flexibility index (Phi) is 3.24. The number of carboxylic acids is 1. The fraction of sp³-hybridized carbons (Fsp3) is 0.231. The molecule has 0 amide bonds. The van der Waals surface area contributed by atoms with Gasteiger partial charge in [-0.05, 0) is 31.5 Å². The fourth-order valence-electron chi connectivity index (χ4n) is 1.55. The molecule has 0 fully saturated rings. The van der Waals surface area contributed by atoms with Crippen molar-refractivity contribution in [3.05, 3.63) is 51.0 Å². The third-order valence-corrected chi connectivity index (χ3v) is 3.70. The van der Waals surface area contributed by atoms with Gasteiger partial charge in [0.1, 0.15) is 0 Å². The van der Waals surface area contributed by atoms with E-state index in [1.54, 1.807) is 23.5 Å². The minimum absolute atomic E-state index is 0.320. The first-order chi connectivity index (χ1) is 8.06. The summed E-state index contributed by atoms with van der Waals surface area (Å²) in [5, 5.41) is 9.87. The molecule has 0 aliphatic carbocycles. The van der Waals surface area contributed by atoms with E-state index in [0.717, 1.165) is 22.7 Å². The van der Waals surface area contributed by atoms with Gasteiger partial charge >= 0.3 is 5.97 Å². The van der Waals surface area contributed by atoms with E-state index in [4.69, 9.17) is 5.11 Å². The van der Waals surface area contributed by atoms with Crippen molar-refractivity contribution < 1.29 is 9.90 Å². The van der Waals surface area contributed by atoms with Crippen molar-refractivity contribution in [3.8, 4) is 0 Å². The second-order valence-electron chi connectivity index (χ2n) is 3.93. The number of rotatable bonds is 3. The van der Waals surface area contributed by atoms with Crippen molar-refractivity contribution >= 4 is 17.3 Å². The maximum atomic E-state index is 10.7. The van der Waals surface area contributed by atoms with Gasteiger partial charge in [0.2, 0.25) is 0 Å². The summed E-state index contributed by atoms with van der Waals surface area (Å²) in [6.07, 6.45) is 0.763. The van der Waals surface area contributed by atoms with Gasteiger partial charge < -0.3 is 5.11 Å². The van der Waals surface area contributed by atoms with Crippen LogP contribution in [-0.2, 0) is 6.42 Å². The molecular weight excluding hydrogens is 234 g/mol. The smallest absolute Gasteiger partial charge is 0.335 e. The lowest BCUT2D eigenvalue weighted by Crippen LogP contribution is -1.96. The molecule has 0 aliphatic heterocycles. The van der Waals surface area contributed by atoms with E-state index in [2.05, 4.69) is 11.9 Å². The Morgan fingerprint density at radius 1 is 1.29 bits per heavy atom. The van der Waals surface area contributed by atoms with Crippen LogP contribution in [0.4, 0.5) is 0 Å². The van der Waals surface area contributed by atoms with Gasteiger partial charge in [-0.15, -0.1) is 11.3 Å². The molecule has 17 heavy (non-hydrogen) atoms. The number of aromatic carboxylic acids is 1. The van der Waals surface area contributed by atoms with Gasteiger partial charge in [0.05, 0.1) is 16.3 Å². The molecule has 1 heterocycles. The predicted molar refractivity (Wildman–Crippen MR) is 67.8 cm³/mol. The van der Waals surface area contributed by atoms with Gasteiger partial charge in [-0.2, -0.15) is 0 Å². The summed E-state index contributed by atoms with van der Waals surface area (Å²) in [4.78, 5) is 16.4. The average molecular weight is 247 g/mol. The van der Waals surface area contributed by atoms with Crippen molar-refractivity contribution in [2.75, 3.05) is 0 Å². The Morgan fingerprint density at radius 2 is 1.94 bits per heavy atom. The summed E-state index contributed by atoms with van der Waals surface area (Å²) in [7, 11) is 0. The van der Waals surface area contributed by atoms with Crippen molar-refractivity contribution in [1.82, 2.24) is 4.98 Å². The van der Waals surface area contributed by atoms with Crippen LogP contribution in [0.15, 0.2) is 24.3 Å². The third kappa shape index (κ3) is 2.71. The van der Waals surface area contributed by atoms with E-state index < -0.39 is 5.97 Å². The summed E-state index contributed by atoms with van der Waals surface area (Å²) in [5.41, 5.74) is 2.48. The molecule has 1 aromatic carbocycles. The summed E-state index contributed by atoms with van der Waals surface area (Å²) in [6, 6.07) is 6.95. The molecule has 0 spiro atoms. The second kappa shape index (κ2) is 4.67. The second-order valence-corrected chi connectivity index (χ2v) is 5.22. The first kappa shape index (κ1) is 11.8. The third-order valence-electron chi connectivity index (χ3n) is 2.63. The number of carbonyl (C=O) groups is 1. The molecular formula is C13H13NO2S. The van der Waals surface area contributed by atoms with Crippen LogP contribution in [0.2, 0.25) is 0 Å². The summed E-state index contributed by atoms with van der Waals surface area (Å²) in [6.45, 7) is 4.06. The summed E-state index contributed by atoms with van der Waals surface area (Å²) in [5.74, 6) is -0.891. The largest absolute Gasteiger partial charge is 0.478 e. The van der Waals surface area contributed by atoms with Crippen LogP contribution in [0.3, 0.4) is 0 Å². The number of aryl methyl sites for hydroxylation is 2. The van der Waals surface area contributed by atoms with Gasteiger partial charge in [-0.25, -0.2) is 9.78 Å². The summed E-state index contributed by atoms with van der Waals surface area (Å²) < 4.78 is 0. The van der Waals surface area contributed by atoms with Gasteiger partial charge in [-0.3, -0.25) is 0 Å². The SMILES string of the molecule is Cc1nc(Cc2ccc(C(=O)O)cc2)sc1C. The molecule has 2 rings (SSSR count). The van der Waals surface area contributed by atoms with Crippen LogP contribution in [-0.4, -0.2) is 16.1 Å². The average Bonchev–Trinajstić information content (AvgIpc) is 2.58. The van der Waals surface area contributed by atoms with E-state index >= 15 is 0 Å². The highest BCUT2D eigenvalue weighted by Crippen LogP contribution is 2.19. The van der Waals surface area contributed by atoms with E-state index in [1.807, 2.05) is 19.1 Å². The molecule has 4 heteroatoms. The maximum Gasteiger partial charge on any atom is 0.335 e. The number of hydrogen-bond donors (Lipinski definition) is 1. The van der Waals surface area contributed by atoms with Gasteiger partial charge in [0.25, 0.3) is 0 Å². The van der Waals surface area contributed by atoms with E-state index in [0.29, 0.717) is 5.56 Å². The van der Waals surface area contributed by atoms with Gasteiger partial charge in [-0.1, -0.05) is 12.1 Å². The van der Waals surface area contributed by atoms with Crippen molar-refractivity contribution in [2.45, 2.75) is 20.3 Å². The van der Waals surface area contributed by atoms with Crippen LogP contribution >= 0.6 is 11.3 Å². The molecule has 0 aliphatic rings. The normalized spacial score (nSPS) is 10.5. The number of hydrogen-bond acceptors (Lipinski definition) is 3. The highest BCUT2D eigenvalue weighted by molar-refractivity contribution is 7.11. The molecule has 3 nitrogen and oxygen atoms in total. The molecule has 1 aromatic heterocycles. The molecule has 0 unspecified atom stereocenters. The zero-order valence-electron chi connectivity index (χ0n) is 9.73. The Hall–Kier alpha value is -1.68.